The molecule has 2 rings (SSSR count). The van der Waals surface area contributed by atoms with Crippen LogP contribution in [-0.2, 0) is 4.79 Å². The molecule has 1 aromatic rings. The molecule has 1 aromatic carbocycles. The fourth-order valence-corrected chi connectivity index (χ4v) is 3.16. The number of likely N-dealkylation sites (tertiary alicyclic amines) is 1. The Hall–Kier alpha value is -1.88. The molecule has 1 heterocycles. The minimum atomic E-state index is -0.470. The van der Waals surface area contributed by atoms with Crippen LogP contribution in [0.3, 0.4) is 0 Å². The minimum absolute atomic E-state index is 0.0203. The number of hydrogen-bond donors (Lipinski definition) is 2. The first-order valence-electron chi connectivity index (χ1n) is 7.81. The van der Waals surface area contributed by atoms with Crippen LogP contribution in [0.1, 0.15) is 37.6 Å². The zero-order valence-corrected chi connectivity index (χ0v) is 13.5. The zero-order chi connectivity index (χ0) is 16.3. The first-order valence-corrected chi connectivity index (χ1v) is 7.81. The summed E-state index contributed by atoms with van der Waals surface area (Å²) in [4.78, 5) is 25.7. The van der Waals surface area contributed by atoms with E-state index in [0.717, 1.165) is 13.1 Å². The van der Waals surface area contributed by atoms with Crippen LogP contribution < -0.4 is 11.1 Å². The highest BCUT2D eigenvalue weighted by Gasteiger charge is 2.28. The van der Waals surface area contributed by atoms with E-state index >= 15 is 0 Å². The Kier molecular flexibility index (Phi) is 5.19. The van der Waals surface area contributed by atoms with Crippen LogP contribution in [0.25, 0.3) is 0 Å². The summed E-state index contributed by atoms with van der Waals surface area (Å²) < 4.78 is 0. The Bertz CT molecular complexity index is 531. The third-order valence-electron chi connectivity index (χ3n) is 4.26. The van der Waals surface area contributed by atoms with Gasteiger partial charge in [-0.1, -0.05) is 13.8 Å². The molecule has 120 valence electrons. The second-order valence-electron chi connectivity index (χ2n) is 6.51. The average molecular weight is 303 g/mol. The lowest BCUT2D eigenvalue weighted by atomic mass is 9.91. The molecule has 0 aromatic heterocycles. The Morgan fingerprint density at radius 1 is 1.18 bits per heavy atom. The van der Waals surface area contributed by atoms with Crippen LogP contribution in [-0.4, -0.2) is 35.8 Å². The summed E-state index contributed by atoms with van der Waals surface area (Å²) in [5.74, 6) is 0.748. The molecule has 1 aliphatic heterocycles. The number of rotatable bonds is 4. The van der Waals surface area contributed by atoms with E-state index in [1.807, 2.05) is 6.92 Å². The minimum Gasteiger partial charge on any atom is -0.366 e. The first-order chi connectivity index (χ1) is 10.4. The van der Waals surface area contributed by atoms with Gasteiger partial charge in [0, 0.05) is 24.3 Å². The van der Waals surface area contributed by atoms with Crippen molar-refractivity contribution in [2.75, 3.05) is 18.4 Å². The predicted molar refractivity (Wildman–Crippen MR) is 87.6 cm³/mol. The van der Waals surface area contributed by atoms with Gasteiger partial charge < -0.3 is 11.1 Å². The molecule has 3 unspecified atom stereocenters. The maximum atomic E-state index is 12.4. The molecule has 2 amide bonds. The number of hydrogen-bond acceptors (Lipinski definition) is 3. The van der Waals surface area contributed by atoms with E-state index in [1.54, 1.807) is 24.3 Å². The smallest absolute Gasteiger partial charge is 0.248 e. The third-order valence-corrected chi connectivity index (χ3v) is 4.26. The van der Waals surface area contributed by atoms with Gasteiger partial charge in [0.1, 0.15) is 0 Å². The van der Waals surface area contributed by atoms with Crippen LogP contribution in [0.2, 0.25) is 0 Å². The molecule has 1 saturated heterocycles. The lowest BCUT2D eigenvalue weighted by Gasteiger charge is -2.38. The normalized spacial score (nSPS) is 23.8. The highest BCUT2D eigenvalue weighted by Crippen LogP contribution is 2.23. The van der Waals surface area contributed by atoms with Crippen molar-refractivity contribution in [2.24, 2.45) is 17.6 Å². The number of primary amides is 1. The molecule has 5 heteroatoms. The topological polar surface area (TPSA) is 75.4 Å². The Balaban J connectivity index is 1.97. The molecular formula is C17H25N3O2. The van der Waals surface area contributed by atoms with E-state index < -0.39 is 5.91 Å². The van der Waals surface area contributed by atoms with Gasteiger partial charge in [-0.2, -0.15) is 0 Å². The molecule has 0 radical (unpaired) electrons. The molecule has 5 nitrogen and oxygen atoms in total. The summed E-state index contributed by atoms with van der Waals surface area (Å²) in [6.07, 6.45) is 1.22. The number of anilines is 1. The predicted octanol–water partition coefficient (Wildman–Crippen LogP) is 2.09. The van der Waals surface area contributed by atoms with Gasteiger partial charge in [0.05, 0.1) is 6.04 Å². The van der Waals surface area contributed by atoms with Gasteiger partial charge in [-0.3, -0.25) is 14.5 Å². The number of amides is 2. The standard InChI is InChI=1S/C17H25N3O2/c1-11-8-12(2)10-20(9-11)13(3)17(22)19-15-6-4-14(5-7-15)16(18)21/h4-7,11-13H,8-10H2,1-3H3,(H2,18,21)(H,19,22). The van der Waals surface area contributed by atoms with Crippen molar-refractivity contribution in [1.82, 2.24) is 4.90 Å². The number of carbonyl (C=O) groups is 2. The Morgan fingerprint density at radius 2 is 1.73 bits per heavy atom. The van der Waals surface area contributed by atoms with Crippen molar-refractivity contribution in [2.45, 2.75) is 33.2 Å². The van der Waals surface area contributed by atoms with Gasteiger partial charge in [0.15, 0.2) is 0 Å². The molecular weight excluding hydrogens is 278 g/mol. The van der Waals surface area contributed by atoms with Gasteiger partial charge in [-0.05, 0) is 49.4 Å². The zero-order valence-electron chi connectivity index (χ0n) is 13.5. The SMILES string of the molecule is CC1CC(C)CN(C(C)C(=O)Nc2ccc(C(N)=O)cc2)C1. The van der Waals surface area contributed by atoms with Crippen LogP contribution in [0.5, 0.6) is 0 Å². The number of nitrogens with zero attached hydrogens (tertiary/aromatic N) is 1. The van der Waals surface area contributed by atoms with E-state index in [9.17, 15) is 9.59 Å². The van der Waals surface area contributed by atoms with Crippen molar-refractivity contribution in [3.8, 4) is 0 Å². The van der Waals surface area contributed by atoms with E-state index in [2.05, 4.69) is 24.1 Å². The molecule has 0 aliphatic carbocycles. The average Bonchev–Trinajstić information content (AvgIpc) is 2.46. The number of carbonyl (C=O) groups excluding carboxylic acids is 2. The van der Waals surface area contributed by atoms with Crippen LogP contribution >= 0.6 is 0 Å². The summed E-state index contributed by atoms with van der Waals surface area (Å²) in [6, 6.07) is 6.47. The van der Waals surface area contributed by atoms with Crippen molar-refractivity contribution in [1.29, 1.82) is 0 Å². The highest BCUT2D eigenvalue weighted by molar-refractivity contribution is 5.96. The van der Waals surface area contributed by atoms with Crippen molar-refractivity contribution >= 4 is 17.5 Å². The fourth-order valence-electron chi connectivity index (χ4n) is 3.16. The van der Waals surface area contributed by atoms with Gasteiger partial charge in [0.2, 0.25) is 11.8 Å². The molecule has 0 bridgehead atoms. The van der Waals surface area contributed by atoms with Crippen LogP contribution in [0.4, 0.5) is 5.69 Å². The lowest BCUT2D eigenvalue weighted by Crippen LogP contribution is -2.48. The highest BCUT2D eigenvalue weighted by atomic mass is 16.2. The van der Waals surface area contributed by atoms with E-state index in [1.165, 1.54) is 6.42 Å². The van der Waals surface area contributed by atoms with E-state index in [-0.39, 0.29) is 11.9 Å². The van der Waals surface area contributed by atoms with Crippen LogP contribution in [0.15, 0.2) is 24.3 Å². The second-order valence-corrected chi connectivity index (χ2v) is 6.51. The third kappa shape index (κ3) is 4.07. The summed E-state index contributed by atoms with van der Waals surface area (Å²) in [5, 5.41) is 2.90. The summed E-state index contributed by atoms with van der Waals surface area (Å²) in [6.45, 7) is 8.32. The van der Waals surface area contributed by atoms with Crippen LogP contribution in [0, 0.1) is 11.8 Å². The van der Waals surface area contributed by atoms with E-state index in [4.69, 9.17) is 5.73 Å². The number of piperidine rings is 1. The fraction of sp³-hybridized carbons (Fsp3) is 0.529. The first kappa shape index (κ1) is 16.5. The maximum Gasteiger partial charge on any atom is 0.248 e. The molecule has 1 fully saturated rings. The summed E-state index contributed by atoms with van der Waals surface area (Å²) in [7, 11) is 0. The molecule has 0 saturated carbocycles. The van der Waals surface area contributed by atoms with Gasteiger partial charge >= 0.3 is 0 Å². The maximum absolute atomic E-state index is 12.4. The quantitative estimate of drug-likeness (QED) is 0.894. The molecule has 3 N–H and O–H groups in total. The van der Waals surface area contributed by atoms with Crippen molar-refractivity contribution in [3.05, 3.63) is 29.8 Å². The number of benzene rings is 1. The van der Waals surface area contributed by atoms with Crippen molar-refractivity contribution < 1.29 is 9.59 Å². The Morgan fingerprint density at radius 3 is 2.23 bits per heavy atom. The van der Waals surface area contributed by atoms with Gasteiger partial charge in [0.25, 0.3) is 0 Å². The van der Waals surface area contributed by atoms with Crippen molar-refractivity contribution in [3.63, 3.8) is 0 Å². The second kappa shape index (κ2) is 6.92. The summed E-state index contributed by atoms with van der Waals surface area (Å²) in [5.41, 5.74) is 6.32. The number of nitrogens with one attached hydrogen (secondary N) is 1. The molecule has 1 aliphatic rings. The largest absolute Gasteiger partial charge is 0.366 e. The molecule has 3 atom stereocenters. The lowest BCUT2D eigenvalue weighted by molar-refractivity contribution is -0.121. The monoisotopic (exact) mass is 303 g/mol. The van der Waals surface area contributed by atoms with Gasteiger partial charge in [-0.15, -0.1) is 0 Å². The molecule has 22 heavy (non-hydrogen) atoms. The molecule has 0 spiro atoms. The summed E-state index contributed by atoms with van der Waals surface area (Å²) >= 11 is 0. The number of nitrogens with two attached hydrogens (primary N) is 1. The van der Waals surface area contributed by atoms with Gasteiger partial charge in [-0.25, -0.2) is 0 Å². The van der Waals surface area contributed by atoms with E-state index in [0.29, 0.717) is 23.1 Å². The Labute approximate surface area is 131 Å².